The lowest BCUT2D eigenvalue weighted by atomic mass is 9.97. The first-order valence-electron chi connectivity index (χ1n) is 6.20. The Bertz CT molecular complexity index is 386. The number of piperidine rings is 1. The summed E-state index contributed by atoms with van der Waals surface area (Å²) in [6.07, 6.45) is 5.53. The molecule has 0 saturated carbocycles. The van der Waals surface area contributed by atoms with Gasteiger partial charge in [0.05, 0.1) is 6.61 Å². The fourth-order valence-corrected chi connectivity index (χ4v) is 2.64. The van der Waals surface area contributed by atoms with Crippen molar-refractivity contribution in [1.29, 1.82) is 0 Å². The summed E-state index contributed by atoms with van der Waals surface area (Å²) in [6, 6.07) is 1.67. The number of hydrogen-bond donors (Lipinski definition) is 1. The summed E-state index contributed by atoms with van der Waals surface area (Å²) in [7, 11) is 0. The smallest absolute Gasteiger partial charge is 0.218 e. The minimum absolute atomic E-state index is 0.434. The van der Waals surface area contributed by atoms with Gasteiger partial charge in [-0.25, -0.2) is 4.98 Å². The van der Waals surface area contributed by atoms with Gasteiger partial charge in [0.25, 0.3) is 0 Å². The molecule has 0 bridgehead atoms. The van der Waals surface area contributed by atoms with Gasteiger partial charge in [-0.3, -0.25) is 0 Å². The van der Waals surface area contributed by atoms with Crippen LogP contribution in [0.4, 0.5) is 0 Å². The fraction of sp³-hybridized carbons (Fsp3) is 0.667. The van der Waals surface area contributed by atoms with Crippen molar-refractivity contribution in [3.63, 3.8) is 0 Å². The lowest BCUT2D eigenvalue weighted by Gasteiger charge is -2.22. The molecule has 2 heterocycles. The molecule has 0 radical (unpaired) electrons. The molecule has 1 aliphatic heterocycles. The highest BCUT2D eigenvalue weighted by Gasteiger charge is 2.13. The predicted octanol–water partition coefficient (Wildman–Crippen LogP) is 2.62. The zero-order valence-electron chi connectivity index (χ0n) is 10.5. The van der Waals surface area contributed by atoms with Crippen molar-refractivity contribution in [2.75, 3.05) is 26.0 Å². The Morgan fingerprint density at radius 2 is 2.44 bits per heavy atom. The van der Waals surface area contributed by atoms with Crippen LogP contribution >= 0.6 is 23.4 Å². The summed E-state index contributed by atoms with van der Waals surface area (Å²) in [5.41, 5.74) is 0. The predicted molar refractivity (Wildman–Crippen MR) is 74.5 cm³/mol. The van der Waals surface area contributed by atoms with Crippen LogP contribution in [0.3, 0.4) is 0 Å². The Hall–Kier alpha value is -0.520. The molecule has 1 saturated heterocycles. The fourth-order valence-electron chi connectivity index (χ4n) is 2.04. The maximum Gasteiger partial charge on any atom is 0.218 e. The number of hydrogen-bond acceptors (Lipinski definition) is 5. The molecule has 1 aliphatic rings. The summed E-state index contributed by atoms with van der Waals surface area (Å²) < 4.78 is 5.66. The van der Waals surface area contributed by atoms with Crippen molar-refractivity contribution in [3.05, 3.63) is 11.2 Å². The SMILES string of the molecule is CSc1nc(Cl)cc(OCC[C@H]2CCCNC2)n1. The molecule has 0 unspecified atom stereocenters. The number of nitrogens with zero attached hydrogens (tertiary/aromatic N) is 2. The number of rotatable bonds is 5. The molecular formula is C12H18ClN3OS. The van der Waals surface area contributed by atoms with E-state index in [1.165, 1.54) is 24.6 Å². The van der Waals surface area contributed by atoms with E-state index in [0.717, 1.165) is 25.4 Å². The molecule has 1 fully saturated rings. The Kier molecular flexibility index (Phi) is 5.53. The van der Waals surface area contributed by atoms with E-state index in [2.05, 4.69) is 15.3 Å². The zero-order chi connectivity index (χ0) is 12.8. The standard InChI is InChI=1S/C12H18ClN3OS/c1-18-12-15-10(13)7-11(16-12)17-6-4-9-3-2-5-14-8-9/h7,9,14H,2-6,8H2,1H3/t9-/m1/s1. The summed E-state index contributed by atoms with van der Waals surface area (Å²) in [5.74, 6) is 1.29. The maximum atomic E-state index is 5.90. The van der Waals surface area contributed by atoms with E-state index in [1.54, 1.807) is 6.07 Å². The monoisotopic (exact) mass is 287 g/mol. The van der Waals surface area contributed by atoms with Gasteiger partial charge < -0.3 is 10.1 Å². The van der Waals surface area contributed by atoms with E-state index in [9.17, 15) is 0 Å². The van der Waals surface area contributed by atoms with Gasteiger partial charge in [0.2, 0.25) is 5.88 Å². The van der Waals surface area contributed by atoms with Crippen LogP contribution in [0.2, 0.25) is 5.15 Å². The largest absolute Gasteiger partial charge is 0.478 e. The molecular weight excluding hydrogens is 270 g/mol. The Morgan fingerprint density at radius 1 is 1.56 bits per heavy atom. The third kappa shape index (κ3) is 4.30. The van der Waals surface area contributed by atoms with E-state index in [4.69, 9.17) is 16.3 Å². The highest BCUT2D eigenvalue weighted by atomic mass is 35.5. The summed E-state index contributed by atoms with van der Waals surface area (Å²) in [6.45, 7) is 2.94. The van der Waals surface area contributed by atoms with Gasteiger partial charge >= 0.3 is 0 Å². The van der Waals surface area contributed by atoms with Crippen LogP contribution in [-0.2, 0) is 0 Å². The normalized spacial score (nSPS) is 19.8. The number of ether oxygens (including phenoxy) is 1. The van der Waals surface area contributed by atoms with Gasteiger partial charge in [-0.05, 0) is 44.5 Å². The second-order valence-electron chi connectivity index (χ2n) is 4.37. The van der Waals surface area contributed by atoms with Crippen LogP contribution in [0, 0.1) is 5.92 Å². The Labute approximate surface area is 117 Å². The number of aromatic nitrogens is 2. The molecule has 0 spiro atoms. The second kappa shape index (κ2) is 7.16. The van der Waals surface area contributed by atoms with Gasteiger partial charge in [-0.1, -0.05) is 23.4 Å². The molecule has 0 amide bonds. The molecule has 1 N–H and O–H groups in total. The number of thioether (sulfide) groups is 1. The van der Waals surface area contributed by atoms with Gasteiger partial charge in [0.1, 0.15) is 5.15 Å². The van der Waals surface area contributed by atoms with Gasteiger partial charge in [-0.2, -0.15) is 4.98 Å². The Morgan fingerprint density at radius 3 is 3.17 bits per heavy atom. The molecule has 6 heteroatoms. The third-order valence-electron chi connectivity index (χ3n) is 3.01. The minimum atomic E-state index is 0.434. The number of halogens is 1. The van der Waals surface area contributed by atoms with Crippen molar-refractivity contribution in [2.45, 2.75) is 24.4 Å². The maximum absolute atomic E-state index is 5.90. The van der Waals surface area contributed by atoms with Crippen molar-refractivity contribution < 1.29 is 4.74 Å². The third-order valence-corrected chi connectivity index (χ3v) is 3.75. The van der Waals surface area contributed by atoms with E-state index in [0.29, 0.717) is 22.8 Å². The second-order valence-corrected chi connectivity index (χ2v) is 5.53. The van der Waals surface area contributed by atoms with Gasteiger partial charge in [0.15, 0.2) is 5.16 Å². The van der Waals surface area contributed by atoms with Crippen LogP contribution in [0.5, 0.6) is 5.88 Å². The van der Waals surface area contributed by atoms with E-state index >= 15 is 0 Å². The van der Waals surface area contributed by atoms with Crippen LogP contribution < -0.4 is 10.1 Å². The molecule has 4 nitrogen and oxygen atoms in total. The lowest BCUT2D eigenvalue weighted by molar-refractivity contribution is 0.246. The highest BCUT2D eigenvalue weighted by molar-refractivity contribution is 7.98. The topological polar surface area (TPSA) is 47.0 Å². The molecule has 100 valence electrons. The molecule has 18 heavy (non-hydrogen) atoms. The average molecular weight is 288 g/mol. The first-order valence-corrected chi connectivity index (χ1v) is 7.80. The van der Waals surface area contributed by atoms with Gasteiger partial charge in [-0.15, -0.1) is 0 Å². The van der Waals surface area contributed by atoms with Crippen molar-refractivity contribution >= 4 is 23.4 Å². The van der Waals surface area contributed by atoms with Crippen LogP contribution in [-0.4, -0.2) is 35.9 Å². The molecule has 0 aromatic carbocycles. The summed E-state index contributed by atoms with van der Waals surface area (Å²) >= 11 is 7.36. The highest BCUT2D eigenvalue weighted by Crippen LogP contribution is 2.20. The molecule has 1 aromatic heterocycles. The quantitative estimate of drug-likeness (QED) is 0.512. The van der Waals surface area contributed by atoms with Crippen molar-refractivity contribution in [2.24, 2.45) is 5.92 Å². The summed E-state index contributed by atoms with van der Waals surface area (Å²) in [5, 5.41) is 4.49. The van der Waals surface area contributed by atoms with Crippen LogP contribution in [0.1, 0.15) is 19.3 Å². The molecule has 0 aliphatic carbocycles. The molecule has 1 aromatic rings. The van der Waals surface area contributed by atoms with E-state index in [-0.39, 0.29) is 0 Å². The first-order chi connectivity index (χ1) is 8.78. The zero-order valence-corrected chi connectivity index (χ0v) is 12.1. The Balaban J connectivity index is 1.80. The van der Waals surface area contributed by atoms with E-state index in [1.807, 2.05) is 6.26 Å². The molecule has 2 rings (SSSR count). The number of nitrogens with one attached hydrogen (secondary N) is 1. The lowest BCUT2D eigenvalue weighted by Crippen LogP contribution is -2.30. The van der Waals surface area contributed by atoms with Crippen molar-refractivity contribution in [1.82, 2.24) is 15.3 Å². The van der Waals surface area contributed by atoms with Crippen molar-refractivity contribution in [3.8, 4) is 5.88 Å². The van der Waals surface area contributed by atoms with Crippen LogP contribution in [0.25, 0.3) is 0 Å². The average Bonchev–Trinajstić information content (AvgIpc) is 2.39. The van der Waals surface area contributed by atoms with Gasteiger partial charge in [0, 0.05) is 6.07 Å². The van der Waals surface area contributed by atoms with Crippen LogP contribution in [0.15, 0.2) is 11.2 Å². The summed E-state index contributed by atoms with van der Waals surface area (Å²) in [4.78, 5) is 8.34. The first kappa shape index (κ1) is 13.9. The molecule has 1 atom stereocenters. The van der Waals surface area contributed by atoms with E-state index < -0.39 is 0 Å². The minimum Gasteiger partial charge on any atom is -0.478 e.